The van der Waals surface area contributed by atoms with Gasteiger partial charge in [0.25, 0.3) is 5.91 Å². The van der Waals surface area contributed by atoms with Crippen LogP contribution in [0.4, 0.5) is 13.2 Å². The van der Waals surface area contributed by atoms with Gasteiger partial charge in [0.1, 0.15) is 5.82 Å². The van der Waals surface area contributed by atoms with E-state index in [-0.39, 0.29) is 18.7 Å². The maximum atomic E-state index is 13.8. The van der Waals surface area contributed by atoms with Crippen molar-refractivity contribution in [2.45, 2.75) is 50.9 Å². The molecule has 0 bridgehead atoms. The zero-order valence-corrected chi connectivity index (χ0v) is 22.8. The van der Waals surface area contributed by atoms with Gasteiger partial charge in [0.15, 0.2) is 0 Å². The third-order valence-corrected chi connectivity index (χ3v) is 7.15. The Labute approximate surface area is 237 Å². The summed E-state index contributed by atoms with van der Waals surface area (Å²) in [6.07, 6.45) is 2.14. The first-order valence-corrected chi connectivity index (χ1v) is 13.6. The molecule has 0 saturated carbocycles. The quantitative estimate of drug-likeness (QED) is 0.327. The van der Waals surface area contributed by atoms with Crippen LogP contribution in [0.1, 0.15) is 58.9 Å². The minimum atomic E-state index is -3.87. The fourth-order valence-corrected chi connectivity index (χ4v) is 4.97. The number of likely N-dealkylation sites (tertiary alicyclic amines) is 1. The van der Waals surface area contributed by atoms with Crippen LogP contribution in [0.15, 0.2) is 79.0 Å². The Kier molecular flexibility index (Phi) is 9.70. The molecule has 0 atom stereocenters. The number of amides is 1. The van der Waals surface area contributed by atoms with Gasteiger partial charge in [-0.2, -0.15) is 8.78 Å². The van der Waals surface area contributed by atoms with E-state index in [1.165, 1.54) is 36.0 Å². The summed E-state index contributed by atoms with van der Waals surface area (Å²) in [5.41, 5.74) is 3.34. The number of benzene rings is 2. The number of halogens is 3. The molecular formula is C32H32F3N3O3. The molecule has 1 aliphatic heterocycles. The Balaban J connectivity index is 1.62. The Hall–Kier alpha value is -4.27. The molecule has 6 nitrogen and oxygen atoms in total. The summed E-state index contributed by atoms with van der Waals surface area (Å²) in [6.45, 7) is 2.93. The Morgan fingerprint density at radius 3 is 2.34 bits per heavy atom. The number of alkyl halides is 2. The van der Waals surface area contributed by atoms with E-state index in [1.807, 2.05) is 23.1 Å². The second-order valence-corrected chi connectivity index (χ2v) is 10.1. The predicted molar refractivity (Wildman–Crippen MR) is 150 cm³/mol. The number of carboxylic acids is 1. The summed E-state index contributed by atoms with van der Waals surface area (Å²) >= 11 is 0. The molecule has 9 heteroatoms. The average molecular weight is 564 g/mol. The van der Waals surface area contributed by atoms with Crippen LogP contribution in [0.25, 0.3) is 11.3 Å². The lowest BCUT2D eigenvalue weighted by Gasteiger charge is -2.32. The molecule has 0 spiro atoms. The van der Waals surface area contributed by atoms with Crippen molar-refractivity contribution in [3.63, 3.8) is 0 Å². The van der Waals surface area contributed by atoms with Crippen LogP contribution >= 0.6 is 0 Å². The normalized spacial score (nSPS) is 13.9. The topological polar surface area (TPSA) is 83.4 Å². The Morgan fingerprint density at radius 2 is 1.68 bits per heavy atom. The van der Waals surface area contributed by atoms with Gasteiger partial charge in [-0.1, -0.05) is 30.3 Å². The van der Waals surface area contributed by atoms with Crippen molar-refractivity contribution < 1.29 is 27.9 Å². The van der Waals surface area contributed by atoms with Gasteiger partial charge in [0.05, 0.1) is 11.4 Å². The van der Waals surface area contributed by atoms with E-state index in [4.69, 9.17) is 5.11 Å². The maximum Gasteiger partial charge on any atom is 0.374 e. The molecule has 3 aromatic rings. The van der Waals surface area contributed by atoms with Crippen molar-refractivity contribution in [1.29, 1.82) is 0 Å². The number of hydrogen-bond donors (Lipinski definition) is 1. The standard InChI is InChI=1S/C32H32F3N3O3/c1-22-21-26(30(39)38-19-15-24(16-20-38)23-7-3-2-4-8-23)9-6-18-36-29(25-11-13-27(33)14-12-25)28(37-22)10-5-17-32(34,35)31(40)41/h2-4,6-9,11-14,18,21,24H,5,10,15-17,19-20H2,1H3,(H,40,41). The first kappa shape index (κ1) is 29.7. The molecule has 4 rings (SSSR count). The average Bonchev–Trinajstić information content (AvgIpc) is 2.97. The van der Waals surface area contributed by atoms with Gasteiger partial charge in [-0.3, -0.25) is 14.8 Å². The fourth-order valence-electron chi connectivity index (χ4n) is 4.97. The number of carboxylic acid groups (broad SMARTS) is 1. The van der Waals surface area contributed by atoms with Gasteiger partial charge in [-0.25, -0.2) is 9.18 Å². The summed E-state index contributed by atoms with van der Waals surface area (Å²) in [5, 5.41) is 8.79. The molecule has 1 saturated heterocycles. The lowest BCUT2D eigenvalue weighted by molar-refractivity contribution is -0.165. The number of rotatable bonds is 8. The van der Waals surface area contributed by atoms with E-state index < -0.39 is 24.1 Å². The summed E-state index contributed by atoms with van der Waals surface area (Å²) in [7, 11) is 0. The highest BCUT2D eigenvalue weighted by atomic mass is 19.3. The first-order chi connectivity index (χ1) is 19.6. The highest BCUT2D eigenvalue weighted by Crippen LogP contribution is 2.29. The van der Waals surface area contributed by atoms with Crippen molar-refractivity contribution >= 4 is 11.9 Å². The maximum absolute atomic E-state index is 13.8. The van der Waals surface area contributed by atoms with Gasteiger partial charge in [-0.15, -0.1) is 0 Å². The van der Waals surface area contributed by atoms with Crippen molar-refractivity contribution in [1.82, 2.24) is 14.9 Å². The smallest absolute Gasteiger partial charge is 0.374 e. The van der Waals surface area contributed by atoms with E-state index in [0.29, 0.717) is 47.2 Å². The molecule has 1 N–H and O–H groups in total. The van der Waals surface area contributed by atoms with Crippen molar-refractivity contribution in [3.05, 3.63) is 107 Å². The number of piperidine rings is 1. The number of hydrogen-bond acceptors (Lipinski definition) is 4. The van der Waals surface area contributed by atoms with Crippen LogP contribution in [-0.2, 0) is 11.2 Å². The van der Waals surface area contributed by atoms with Gasteiger partial charge >= 0.3 is 11.9 Å². The van der Waals surface area contributed by atoms with Crippen molar-refractivity contribution in [3.8, 4) is 11.3 Å². The summed E-state index contributed by atoms with van der Waals surface area (Å²) in [4.78, 5) is 35.3. The van der Waals surface area contributed by atoms with Gasteiger partial charge < -0.3 is 10.0 Å². The van der Waals surface area contributed by atoms with Crippen LogP contribution in [0.3, 0.4) is 0 Å². The van der Waals surface area contributed by atoms with Crippen molar-refractivity contribution in [2.24, 2.45) is 0 Å². The third kappa shape index (κ3) is 7.90. The third-order valence-electron chi connectivity index (χ3n) is 7.15. The number of aromatic nitrogens is 2. The molecule has 1 amide bonds. The molecule has 0 aliphatic carbocycles. The number of aliphatic carboxylic acids is 1. The van der Waals surface area contributed by atoms with E-state index >= 15 is 0 Å². The number of nitrogens with zero attached hydrogens (tertiary/aromatic N) is 3. The van der Waals surface area contributed by atoms with Crippen LogP contribution < -0.4 is 0 Å². The predicted octanol–water partition coefficient (Wildman–Crippen LogP) is 6.78. The zero-order chi connectivity index (χ0) is 29.4. The highest BCUT2D eigenvalue weighted by molar-refractivity contribution is 5.94. The summed E-state index contributed by atoms with van der Waals surface area (Å²) in [6, 6.07) is 20.7. The molecule has 1 aliphatic rings. The molecular weight excluding hydrogens is 531 g/mol. The van der Waals surface area contributed by atoms with Crippen LogP contribution in [0.2, 0.25) is 0 Å². The Bertz CT molecular complexity index is 1420. The van der Waals surface area contributed by atoms with Crippen LogP contribution in [-0.4, -0.2) is 50.9 Å². The Morgan fingerprint density at radius 1 is 1.00 bits per heavy atom. The van der Waals surface area contributed by atoms with Crippen LogP contribution in [0, 0.1) is 12.7 Å². The second kappa shape index (κ2) is 13.4. The lowest BCUT2D eigenvalue weighted by atomic mass is 9.89. The molecule has 1 fully saturated rings. The molecule has 2 aromatic carbocycles. The SMILES string of the molecule is Cc1cc(C(=O)N2CCC(c3ccccc3)CC2)cccnc(-c2ccc(F)cc2)c(CCCC(F)(F)C(=O)O)n1. The minimum absolute atomic E-state index is 0.00189. The van der Waals surface area contributed by atoms with E-state index in [9.17, 15) is 22.8 Å². The summed E-state index contributed by atoms with van der Waals surface area (Å²) < 4.78 is 41.1. The minimum Gasteiger partial charge on any atom is -0.477 e. The van der Waals surface area contributed by atoms with Crippen LogP contribution in [0.5, 0.6) is 0 Å². The van der Waals surface area contributed by atoms with Gasteiger partial charge in [-0.05, 0) is 86.6 Å². The lowest BCUT2D eigenvalue weighted by Crippen LogP contribution is -2.37. The number of aryl methyl sites for hydroxylation is 2. The fraction of sp³-hybridized carbons (Fsp3) is 0.312. The number of carbonyl (C=O) groups excluding carboxylic acids is 1. The zero-order valence-electron chi connectivity index (χ0n) is 22.8. The van der Waals surface area contributed by atoms with Crippen molar-refractivity contribution in [2.75, 3.05) is 13.1 Å². The molecule has 0 radical (unpaired) electrons. The first-order valence-electron chi connectivity index (χ1n) is 13.6. The second-order valence-electron chi connectivity index (χ2n) is 10.1. The molecule has 214 valence electrons. The van der Waals surface area contributed by atoms with E-state index in [0.717, 1.165) is 12.8 Å². The monoisotopic (exact) mass is 563 g/mol. The highest BCUT2D eigenvalue weighted by Gasteiger charge is 2.37. The van der Waals surface area contributed by atoms with Gasteiger partial charge in [0, 0.05) is 42.5 Å². The molecule has 1 aromatic heterocycles. The number of carbonyl (C=O) groups is 2. The molecule has 0 unspecified atom stereocenters. The van der Waals surface area contributed by atoms with Gasteiger partial charge in [0.2, 0.25) is 0 Å². The molecule has 2 heterocycles. The summed E-state index contributed by atoms with van der Waals surface area (Å²) in [5.74, 6) is -6.24. The molecule has 41 heavy (non-hydrogen) atoms. The van der Waals surface area contributed by atoms with E-state index in [2.05, 4.69) is 22.1 Å². The van der Waals surface area contributed by atoms with E-state index in [1.54, 1.807) is 25.1 Å². The largest absolute Gasteiger partial charge is 0.477 e.